The van der Waals surface area contributed by atoms with E-state index in [0.717, 1.165) is 0 Å². The molecule has 2 aromatic rings. The number of aromatic carboxylic acids is 1. The third-order valence-corrected chi connectivity index (χ3v) is 2.22. The van der Waals surface area contributed by atoms with Crippen molar-refractivity contribution in [3.05, 3.63) is 54.1 Å². The minimum atomic E-state index is -0.955. The maximum atomic E-state index is 10.7. The van der Waals surface area contributed by atoms with Gasteiger partial charge in [-0.3, -0.25) is 0 Å². The summed E-state index contributed by atoms with van der Waals surface area (Å²) in [4.78, 5) is 10.7. The highest BCUT2D eigenvalue weighted by Gasteiger charge is 2.02. The van der Waals surface area contributed by atoms with Gasteiger partial charge in [0.1, 0.15) is 11.5 Å². The van der Waals surface area contributed by atoms with Crippen LogP contribution < -0.4 is 10.5 Å². The normalized spacial score (nSPS) is 9.88. The Balaban J connectivity index is 2.13. The number of rotatable bonds is 3. The molecule has 2 aromatic carbocycles. The van der Waals surface area contributed by atoms with Gasteiger partial charge in [0.05, 0.1) is 5.56 Å². The van der Waals surface area contributed by atoms with E-state index in [2.05, 4.69) is 0 Å². The van der Waals surface area contributed by atoms with Gasteiger partial charge in [-0.05, 0) is 48.5 Å². The van der Waals surface area contributed by atoms with Gasteiger partial charge in [-0.2, -0.15) is 0 Å². The molecular weight excluding hydrogens is 218 g/mol. The summed E-state index contributed by atoms with van der Waals surface area (Å²) in [5.74, 6) is 0.283. The highest BCUT2D eigenvalue weighted by atomic mass is 16.5. The first-order chi connectivity index (χ1) is 8.15. The molecule has 0 saturated carbocycles. The highest BCUT2D eigenvalue weighted by Crippen LogP contribution is 2.22. The fourth-order valence-electron chi connectivity index (χ4n) is 1.34. The quantitative estimate of drug-likeness (QED) is 0.794. The van der Waals surface area contributed by atoms with E-state index < -0.39 is 5.97 Å². The van der Waals surface area contributed by atoms with Crippen LogP contribution in [-0.2, 0) is 0 Å². The average Bonchev–Trinajstić information content (AvgIpc) is 2.33. The minimum Gasteiger partial charge on any atom is -0.478 e. The summed E-state index contributed by atoms with van der Waals surface area (Å²) in [5, 5.41) is 8.74. The van der Waals surface area contributed by atoms with Crippen molar-refractivity contribution in [2.45, 2.75) is 0 Å². The summed E-state index contributed by atoms with van der Waals surface area (Å²) >= 11 is 0. The number of carboxylic acids is 1. The Labute approximate surface area is 98.3 Å². The number of hydrogen-bond acceptors (Lipinski definition) is 3. The minimum absolute atomic E-state index is 0.231. The van der Waals surface area contributed by atoms with Crippen molar-refractivity contribution in [1.29, 1.82) is 0 Å². The molecule has 4 nitrogen and oxygen atoms in total. The fraction of sp³-hybridized carbons (Fsp3) is 0. The Morgan fingerprint density at radius 2 is 1.41 bits per heavy atom. The molecule has 0 aliphatic carbocycles. The van der Waals surface area contributed by atoms with E-state index in [1.54, 1.807) is 36.4 Å². The van der Waals surface area contributed by atoms with Crippen LogP contribution in [0.3, 0.4) is 0 Å². The number of carboxylic acid groups (broad SMARTS) is 1. The van der Waals surface area contributed by atoms with E-state index >= 15 is 0 Å². The molecule has 0 heterocycles. The SMILES string of the molecule is Nc1ccc(Oc2ccc(C(=O)O)cc2)cc1. The average molecular weight is 229 g/mol. The Hall–Kier alpha value is -2.49. The molecule has 0 spiro atoms. The molecule has 0 unspecified atom stereocenters. The molecule has 2 rings (SSSR count). The van der Waals surface area contributed by atoms with Crippen LogP contribution in [0.1, 0.15) is 10.4 Å². The van der Waals surface area contributed by atoms with Gasteiger partial charge in [-0.1, -0.05) is 0 Å². The summed E-state index contributed by atoms with van der Waals surface area (Å²) in [7, 11) is 0. The van der Waals surface area contributed by atoms with Crippen molar-refractivity contribution in [3.63, 3.8) is 0 Å². The van der Waals surface area contributed by atoms with E-state index in [9.17, 15) is 4.79 Å². The smallest absolute Gasteiger partial charge is 0.335 e. The number of ether oxygens (including phenoxy) is 1. The van der Waals surface area contributed by atoms with Crippen molar-refractivity contribution in [2.75, 3.05) is 5.73 Å². The zero-order chi connectivity index (χ0) is 12.3. The van der Waals surface area contributed by atoms with Crippen LogP contribution in [0.2, 0.25) is 0 Å². The molecule has 0 fully saturated rings. The van der Waals surface area contributed by atoms with Crippen molar-refractivity contribution >= 4 is 11.7 Å². The van der Waals surface area contributed by atoms with Gasteiger partial charge in [-0.15, -0.1) is 0 Å². The topological polar surface area (TPSA) is 72.5 Å². The van der Waals surface area contributed by atoms with E-state index in [-0.39, 0.29) is 5.56 Å². The number of hydrogen-bond donors (Lipinski definition) is 2. The lowest BCUT2D eigenvalue weighted by molar-refractivity contribution is 0.0697. The lowest BCUT2D eigenvalue weighted by atomic mass is 10.2. The molecule has 0 radical (unpaired) electrons. The molecule has 0 bridgehead atoms. The van der Waals surface area contributed by atoms with Crippen LogP contribution in [0.15, 0.2) is 48.5 Å². The van der Waals surface area contributed by atoms with Crippen molar-refractivity contribution in [2.24, 2.45) is 0 Å². The van der Waals surface area contributed by atoms with E-state index in [1.165, 1.54) is 12.1 Å². The first kappa shape index (κ1) is 11.0. The summed E-state index contributed by atoms with van der Waals surface area (Å²) in [6.45, 7) is 0. The predicted octanol–water partition coefficient (Wildman–Crippen LogP) is 2.76. The second kappa shape index (κ2) is 4.57. The van der Waals surface area contributed by atoms with Gasteiger partial charge in [0.15, 0.2) is 0 Å². The third kappa shape index (κ3) is 2.75. The van der Waals surface area contributed by atoms with Crippen LogP contribution in [0.5, 0.6) is 11.5 Å². The molecule has 0 amide bonds. The Bertz CT molecular complexity index is 517. The Morgan fingerprint density at radius 3 is 1.88 bits per heavy atom. The Kier molecular flexibility index (Phi) is 2.96. The van der Waals surface area contributed by atoms with E-state index in [1.807, 2.05) is 0 Å². The van der Waals surface area contributed by atoms with E-state index in [4.69, 9.17) is 15.6 Å². The number of anilines is 1. The summed E-state index contributed by atoms with van der Waals surface area (Å²) in [6.07, 6.45) is 0. The zero-order valence-electron chi connectivity index (χ0n) is 8.96. The number of carbonyl (C=O) groups is 1. The lowest BCUT2D eigenvalue weighted by Crippen LogP contribution is -1.95. The van der Waals surface area contributed by atoms with E-state index in [0.29, 0.717) is 17.2 Å². The summed E-state index contributed by atoms with van der Waals surface area (Å²) < 4.78 is 5.52. The number of nitrogens with two attached hydrogens (primary N) is 1. The largest absolute Gasteiger partial charge is 0.478 e. The zero-order valence-corrected chi connectivity index (χ0v) is 8.96. The van der Waals surface area contributed by atoms with Gasteiger partial charge in [0.2, 0.25) is 0 Å². The van der Waals surface area contributed by atoms with Crippen LogP contribution in [-0.4, -0.2) is 11.1 Å². The van der Waals surface area contributed by atoms with Crippen molar-refractivity contribution in [1.82, 2.24) is 0 Å². The second-order valence-corrected chi connectivity index (χ2v) is 3.50. The van der Waals surface area contributed by atoms with Crippen LogP contribution in [0.25, 0.3) is 0 Å². The molecule has 0 aromatic heterocycles. The maximum Gasteiger partial charge on any atom is 0.335 e. The predicted molar refractivity (Wildman–Crippen MR) is 64.3 cm³/mol. The molecule has 17 heavy (non-hydrogen) atoms. The fourth-order valence-corrected chi connectivity index (χ4v) is 1.34. The molecular formula is C13H11NO3. The number of nitrogen functional groups attached to an aromatic ring is 1. The van der Waals surface area contributed by atoms with Crippen LogP contribution >= 0.6 is 0 Å². The van der Waals surface area contributed by atoms with Gasteiger partial charge in [-0.25, -0.2) is 4.79 Å². The molecule has 0 atom stereocenters. The molecule has 0 saturated heterocycles. The Morgan fingerprint density at radius 1 is 0.941 bits per heavy atom. The summed E-state index contributed by atoms with van der Waals surface area (Å²) in [5.41, 5.74) is 6.45. The molecule has 0 aliphatic rings. The van der Waals surface area contributed by atoms with Gasteiger partial charge in [0.25, 0.3) is 0 Å². The second-order valence-electron chi connectivity index (χ2n) is 3.50. The molecule has 86 valence electrons. The first-order valence-corrected chi connectivity index (χ1v) is 5.02. The maximum absolute atomic E-state index is 10.7. The molecule has 0 aliphatic heterocycles. The third-order valence-electron chi connectivity index (χ3n) is 2.22. The highest BCUT2D eigenvalue weighted by molar-refractivity contribution is 5.87. The van der Waals surface area contributed by atoms with Gasteiger partial charge in [0, 0.05) is 5.69 Å². The summed E-state index contributed by atoms with van der Waals surface area (Å²) in [6, 6.07) is 13.2. The van der Waals surface area contributed by atoms with Crippen LogP contribution in [0.4, 0.5) is 5.69 Å². The molecule has 3 N–H and O–H groups in total. The van der Waals surface area contributed by atoms with Crippen molar-refractivity contribution in [3.8, 4) is 11.5 Å². The first-order valence-electron chi connectivity index (χ1n) is 5.02. The van der Waals surface area contributed by atoms with Gasteiger partial charge >= 0.3 is 5.97 Å². The monoisotopic (exact) mass is 229 g/mol. The number of benzene rings is 2. The van der Waals surface area contributed by atoms with Gasteiger partial charge < -0.3 is 15.6 Å². The molecule has 4 heteroatoms. The van der Waals surface area contributed by atoms with Crippen molar-refractivity contribution < 1.29 is 14.6 Å². The van der Waals surface area contributed by atoms with Crippen LogP contribution in [0, 0.1) is 0 Å². The standard InChI is InChI=1S/C13H11NO3/c14-10-3-7-12(8-4-10)17-11-5-1-9(2-6-11)13(15)16/h1-8H,14H2,(H,15,16). The lowest BCUT2D eigenvalue weighted by Gasteiger charge is -2.05.